The molecular formula is C47H29N3OS. The number of hydrogen-bond donors (Lipinski definition) is 0. The highest BCUT2D eigenvalue weighted by atomic mass is 32.1. The van der Waals surface area contributed by atoms with Crippen LogP contribution in [0, 0.1) is 0 Å². The van der Waals surface area contributed by atoms with Crippen molar-refractivity contribution in [3.63, 3.8) is 0 Å². The van der Waals surface area contributed by atoms with Gasteiger partial charge in [-0.05, 0) is 70.7 Å². The van der Waals surface area contributed by atoms with Crippen LogP contribution in [0.15, 0.2) is 162 Å². The minimum Gasteiger partial charge on any atom is -0.456 e. The molecule has 9 aromatic rings. The molecule has 0 fully saturated rings. The topological polar surface area (TPSA) is 51.8 Å². The Morgan fingerprint density at radius 2 is 1.33 bits per heavy atom. The van der Waals surface area contributed by atoms with Gasteiger partial charge in [-0.2, -0.15) is 0 Å². The van der Waals surface area contributed by atoms with Crippen LogP contribution in [-0.4, -0.2) is 15.0 Å². The highest BCUT2D eigenvalue weighted by Crippen LogP contribution is 2.47. The molecule has 11 rings (SSSR count). The van der Waals surface area contributed by atoms with E-state index in [0.29, 0.717) is 23.4 Å². The maximum absolute atomic E-state index is 6.50. The highest BCUT2D eigenvalue weighted by molar-refractivity contribution is 7.25. The number of furan rings is 1. The van der Waals surface area contributed by atoms with Gasteiger partial charge in [-0.15, -0.1) is 11.3 Å². The lowest BCUT2D eigenvalue weighted by atomic mass is 9.78. The molecule has 244 valence electrons. The first-order valence-electron chi connectivity index (χ1n) is 17.6. The summed E-state index contributed by atoms with van der Waals surface area (Å²) in [5.41, 5.74) is 10.7. The number of aromatic nitrogens is 3. The number of allylic oxidation sites excluding steroid dienone is 5. The lowest BCUT2D eigenvalue weighted by Gasteiger charge is -2.27. The first kappa shape index (κ1) is 29.3. The SMILES string of the molecule is C1=Cc2ccccc2C2CC=C(c3nc(-c4ccccc4)nc(-c4c(-c5cccc6sc7ccccc7c56)ccc5oc6ccccc6c45)n3)C=C12. The third kappa shape index (κ3) is 4.56. The van der Waals surface area contributed by atoms with Gasteiger partial charge in [0.15, 0.2) is 17.5 Å². The monoisotopic (exact) mass is 683 g/mol. The highest BCUT2D eigenvalue weighted by Gasteiger charge is 2.27. The zero-order valence-electron chi connectivity index (χ0n) is 28.0. The van der Waals surface area contributed by atoms with E-state index in [4.69, 9.17) is 19.4 Å². The third-order valence-electron chi connectivity index (χ3n) is 10.5. The van der Waals surface area contributed by atoms with Gasteiger partial charge in [0.1, 0.15) is 11.2 Å². The Morgan fingerprint density at radius 3 is 2.27 bits per heavy atom. The van der Waals surface area contributed by atoms with Crippen LogP contribution in [0.5, 0.6) is 0 Å². The number of thiophene rings is 1. The Bertz CT molecular complexity index is 3000. The van der Waals surface area contributed by atoms with Gasteiger partial charge in [-0.1, -0.05) is 121 Å². The van der Waals surface area contributed by atoms with E-state index >= 15 is 0 Å². The normalized spacial score (nSPS) is 15.2. The van der Waals surface area contributed by atoms with Crippen molar-refractivity contribution in [1.29, 1.82) is 0 Å². The van der Waals surface area contributed by atoms with Gasteiger partial charge in [-0.3, -0.25) is 0 Å². The second-order valence-electron chi connectivity index (χ2n) is 13.5. The molecular weight excluding hydrogens is 655 g/mol. The molecule has 3 aromatic heterocycles. The summed E-state index contributed by atoms with van der Waals surface area (Å²) >= 11 is 1.83. The Hall–Kier alpha value is -6.43. The number of rotatable bonds is 4. The summed E-state index contributed by atoms with van der Waals surface area (Å²) in [5.74, 6) is 2.25. The van der Waals surface area contributed by atoms with E-state index in [-0.39, 0.29) is 0 Å². The summed E-state index contributed by atoms with van der Waals surface area (Å²) in [6.07, 6.45) is 9.92. The fourth-order valence-electron chi connectivity index (χ4n) is 8.12. The van der Waals surface area contributed by atoms with Gasteiger partial charge < -0.3 is 4.42 Å². The molecule has 0 aliphatic heterocycles. The van der Waals surface area contributed by atoms with Gasteiger partial charge >= 0.3 is 0 Å². The van der Waals surface area contributed by atoms with Crippen LogP contribution in [0.3, 0.4) is 0 Å². The largest absolute Gasteiger partial charge is 0.456 e. The Labute approximate surface area is 303 Å². The maximum atomic E-state index is 6.50. The molecule has 52 heavy (non-hydrogen) atoms. The molecule has 0 radical (unpaired) electrons. The van der Waals surface area contributed by atoms with Gasteiger partial charge in [0.05, 0.1) is 0 Å². The standard InChI is InChI=1S/C47H29N3OS/c1-2-12-29(13-3-1)45-48-46(31-23-24-33-30(27-31)22-21-28-11-4-5-14-32(28)33)50-47(49-45)44-35(25-26-39-43(44)36-15-6-8-18-38(36)51-39)34-17-10-20-41-42(34)37-16-7-9-19-40(37)52-41/h1-23,25-27,33H,24H2. The van der Waals surface area contributed by atoms with Crippen LogP contribution in [0.2, 0.25) is 0 Å². The van der Waals surface area contributed by atoms with Crippen LogP contribution in [0.4, 0.5) is 0 Å². The smallest absolute Gasteiger partial charge is 0.165 e. The summed E-state index contributed by atoms with van der Waals surface area (Å²) < 4.78 is 9.02. The fourth-order valence-corrected chi connectivity index (χ4v) is 9.25. The third-order valence-corrected chi connectivity index (χ3v) is 11.6. The maximum Gasteiger partial charge on any atom is 0.165 e. The molecule has 0 N–H and O–H groups in total. The van der Waals surface area contributed by atoms with E-state index in [9.17, 15) is 0 Å². The lowest BCUT2D eigenvalue weighted by Crippen LogP contribution is -2.11. The van der Waals surface area contributed by atoms with Crippen LogP contribution in [0.1, 0.15) is 29.3 Å². The Kier molecular flexibility index (Phi) is 6.51. The molecule has 0 saturated heterocycles. The molecule has 1 atom stereocenters. The fraction of sp³-hybridized carbons (Fsp3) is 0.0426. The molecule has 5 heteroatoms. The van der Waals surface area contributed by atoms with Crippen molar-refractivity contribution in [2.75, 3.05) is 0 Å². The van der Waals surface area contributed by atoms with Crippen LogP contribution in [-0.2, 0) is 0 Å². The summed E-state index contributed by atoms with van der Waals surface area (Å²) in [7, 11) is 0. The molecule has 0 saturated carbocycles. The lowest BCUT2D eigenvalue weighted by molar-refractivity contribution is 0.669. The molecule has 1 unspecified atom stereocenters. The van der Waals surface area contributed by atoms with E-state index in [2.05, 4.69) is 127 Å². The molecule has 0 amide bonds. The second-order valence-corrected chi connectivity index (χ2v) is 14.5. The van der Waals surface area contributed by atoms with Crippen molar-refractivity contribution >= 4 is 65.1 Å². The number of para-hydroxylation sites is 1. The van der Waals surface area contributed by atoms with Crippen molar-refractivity contribution in [2.24, 2.45) is 0 Å². The average molecular weight is 684 g/mol. The summed E-state index contributed by atoms with van der Waals surface area (Å²) in [6.45, 7) is 0. The second kappa shape index (κ2) is 11.6. The minimum atomic E-state index is 0.318. The first-order valence-corrected chi connectivity index (χ1v) is 18.4. The van der Waals surface area contributed by atoms with Gasteiger partial charge in [0.25, 0.3) is 0 Å². The van der Waals surface area contributed by atoms with E-state index < -0.39 is 0 Å². The van der Waals surface area contributed by atoms with Crippen molar-refractivity contribution < 1.29 is 4.42 Å². The van der Waals surface area contributed by atoms with Crippen molar-refractivity contribution in [2.45, 2.75) is 12.3 Å². The van der Waals surface area contributed by atoms with Crippen molar-refractivity contribution in [1.82, 2.24) is 15.0 Å². The molecule has 2 aliphatic carbocycles. The van der Waals surface area contributed by atoms with Gasteiger partial charge in [0.2, 0.25) is 0 Å². The number of benzene rings is 6. The molecule has 2 aliphatic rings. The molecule has 0 spiro atoms. The first-order chi connectivity index (χ1) is 25.8. The summed E-state index contributed by atoms with van der Waals surface area (Å²) in [6, 6.07) is 46.8. The van der Waals surface area contributed by atoms with Crippen LogP contribution < -0.4 is 0 Å². The van der Waals surface area contributed by atoms with Gasteiger partial charge in [-0.25, -0.2) is 15.0 Å². The predicted molar refractivity (Wildman–Crippen MR) is 215 cm³/mol. The predicted octanol–water partition coefficient (Wildman–Crippen LogP) is 12.7. The number of hydrogen-bond acceptors (Lipinski definition) is 5. The Morgan fingerprint density at radius 1 is 0.558 bits per heavy atom. The zero-order valence-corrected chi connectivity index (χ0v) is 28.8. The van der Waals surface area contributed by atoms with E-state index in [1.807, 2.05) is 41.7 Å². The summed E-state index contributed by atoms with van der Waals surface area (Å²) in [4.78, 5) is 15.9. The Balaban J connectivity index is 1.20. The molecule has 3 heterocycles. The van der Waals surface area contributed by atoms with E-state index in [0.717, 1.165) is 56.2 Å². The molecule has 4 nitrogen and oxygen atoms in total. The van der Waals surface area contributed by atoms with Gasteiger partial charge in [0, 0.05) is 53.6 Å². The number of nitrogens with zero attached hydrogens (tertiary/aromatic N) is 3. The molecule has 0 bridgehead atoms. The van der Waals surface area contributed by atoms with Crippen molar-refractivity contribution in [3.8, 4) is 33.9 Å². The minimum absolute atomic E-state index is 0.318. The van der Waals surface area contributed by atoms with E-state index in [1.54, 1.807) is 0 Å². The molecule has 6 aromatic carbocycles. The summed E-state index contributed by atoms with van der Waals surface area (Å²) in [5, 5.41) is 4.53. The van der Waals surface area contributed by atoms with Crippen LogP contribution >= 0.6 is 11.3 Å². The van der Waals surface area contributed by atoms with Crippen LogP contribution in [0.25, 0.3) is 87.7 Å². The quantitative estimate of drug-likeness (QED) is 0.185. The number of fused-ring (bicyclic) bond motifs is 9. The average Bonchev–Trinajstić information content (AvgIpc) is 3.79. The van der Waals surface area contributed by atoms with Crippen molar-refractivity contribution in [3.05, 3.63) is 174 Å². The zero-order chi connectivity index (χ0) is 34.2. The van der Waals surface area contributed by atoms with E-state index in [1.165, 1.54) is 36.9 Å².